The smallest absolute Gasteiger partial charge is 0.347 e. The van der Waals surface area contributed by atoms with Crippen molar-refractivity contribution in [1.82, 2.24) is 5.32 Å². The maximum Gasteiger partial charge on any atom is 0.417 e. The second-order valence-corrected chi connectivity index (χ2v) is 5.03. The maximum absolute atomic E-state index is 12.7. The minimum absolute atomic E-state index is 0.0375. The van der Waals surface area contributed by atoms with Crippen LogP contribution < -0.4 is 10.6 Å². The number of benzene rings is 1. The lowest BCUT2D eigenvalue weighted by Gasteiger charge is -2.12. The van der Waals surface area contributed by atoms with Crippen LogP contribution in [0.1, 0.15) is 31.7 Å². The average molecular weight is 337 g/mol. The standard InChI is InChI=1S/C14H16ClF3N2O2/c1-2-3-4-12(21)19-8-13(22)20-9-5-6-11(15)10(7-9)14(16,17)18/h5-7H,2-4,8H2,1H3,(H,19,21)(H,20,22). The maximum atomic E-state index is 12.7. The average Bonchev–Trinajstić information content (AvgIpc) is 2.43. The Morgan fingerprint density at radius 1 is 1.23 bits per heavy atom. The number of nitrogens with one attached hydrogen (secondary N) is 2. The van der Waals surface area contributed by atoms with Gasteiger partial charge in [0, 0.05) is 12.1 Å². The summed E-state index contributed by atoms with van der Waals surface area (Å²) in [5.74, 6) is -0.885. The second-order valence-electron chi connectivity index (χ2n) is 4.62. The van der Waals surface area contributed by atoms with Gasteiger partial charge in [0.1, 0.15) is 0 Å². The molecule has 0 saturated carbocycles. The molecule has 0 unspecified atom stereocenters. The quantitative estimate of drug-likeness (QED) is 0.833. The molecule has 0 aliphatic rings. The molecule has 1 aromatic carbocycles. The minimum Gasteiger partial charge on any atom is -0.347 e. The Labute approximate surface area is 131 Å². The largest absolute Gasteiger partial charge is 0.417 e. The molecule has 2 amide bonds. The Bertz CT molecular complexity index is 547. The minimum atomic E-state index is -4.60. The molecule has 0 aliphatic heterocycles. The topological polar surface area (TPSA) is 58.2 Å². The molecule has 0 spiro atoms. The Morgan fingerprint density at radius 2 is 1.91 bits per heavy atom. The molecule has 0 atom stereocenters. The van der Waals surface area contributed by atoms with E-state index in [2.05, 4.69) is 10.6 Å². The number of unbranched alkanes of at least 4 members (excludes halogenated alkanes) is 1. The Balaban J connectivity index is 2.60. The highest BCUT2D eigenvalue weighted by Crippen LogP contribution is 2.36. The first-order valence-corrected chi connectivity index (χ1v) is 7.05. The fourth-order valence-electron chi connectivity index (χ4n) is 1.63. The van der Waals surface area contributed by atoms with E-state index in [0.717, 1.165) is 18.6 Å². The number of carbonyl (C=O) groups excluding carboxylic acids is 2. The van der Waals surface area contributed by atoms with Gasteiger partial charge in [-0.25, -0.2) is 0 Å². The number of amides is 2. The SMILES string of the molecule is CCCCC(=O)NCC(=O)Nc1ccc(Cl)c(C(F)(F)F)c1. The molecule has 22 heavy (non-hydrogen) atoms. The fraction of sp³-hybridized carbons (Fsp3) is 0.429. The predicted molar refractivity (Wildman–Crippen MR) is 77.6 cm³/mol. The summed E-state index contributed by atoms with van der Waals surface area (Å²) in [5.41, 5.74) is -1.07. The summed E-state index contributed by atoms with van der Waals surface area (Å²) in [5, 5.41) is 4.23. The number of alkyl halides is 3. The van der Waals surface area contributed by atoms with Crippen LogP contribution in [0.15, 0.2) is 18.2 Å². The Kier molecular flexibility index (Phi) is 6.67. The van der Waals surface area contributed by atoms with Crippen molar-refractivity contribution in [1.29, 1.82) is 0 Å². The van der Waals surface area contributed by atoms with Crippen LogP contribution in [0, 0.1) is 0 Å². The van der Waals surface area contributed by atoms with Gasteiger partial charge in [0.05, 0.1) is 17.1 Å². The number of anilines is 1. The number of carbonyl (C=O) groups is 2. The van der Waals surface area contributed by atoms with E-state index >= 15 is 0 Å². The van der Waals surface area contributed by atoms with Gasteiger partial charge in [0.15, 0.2) is 0 Å². The molecule has 0 fully saturated rings. The van der Waals surface area contributed by atoms with Gasteiger partial charge in [0.2, 0.25) is 11.8 Å². The summed E-state index contributed by atoms with van der Waals surface area (Å²) in [6.07, 6.45) is -2.74. The molecule has 0 aromatic heterocycles. The van der Waals surface area contributed by atoms with Crippen LogP contribution in [0.5, 0.6) is 0 Å². The lowest BCUT2D eigenvalue weighted by molar-refractivity contribution is -0.137. The van der Waals surface area contributed by atoms with Gasteiger partial charge in [-0.05, 0) is 24.6 Å². The van der Waals surface area contributed by atoms with E-state index in [9.17, 15) is 22.8 Å². The number of hydrogen-bond acceptors (Lipinski definition) is 2. The van der Waals surface area contributed by atoms with Gasteiger partial charge in [-0.3, -0.25) is 9.59 Å². The van der Waals surface area contributed by atoms with E-state index in [4.69, 9.17) is 11.6 Å². The van der Waals surface area contributed by atoms with Crippen molar-refractivity contribution in [3.8, 4) is 0 Å². The van der Waals surface area contributed by atoms with Crippen LogP contribution in [-0.4, -0.2) is 18.4 Å². The molecule has 1 rings (SSSR count). The first kappa shape index (κ1) is 18.3. The summed E-state index contributed by atoms with van der Waals surface area (Å²) < 4.78 is 38.1. The summed E-state index contributed by atoms with van der Waals surface area (Å²) in [6, 6.07) is 3.06. The van der Waals surface area contributed by atoms with Gasteiger partial charge in [-0.15, -0.1) is 0 Å². The zero-order chi connectivity index (χ0) is 16.8. The van der Waals surface area contributed by atoms with Crippen LogP contribution in [0.2, 0.25) is 5.02 Å². The van der Waals surface area contributed by atoms with Gasteiger partial charge in [-0.2, -0.15) is 13.2 Å². The molecule has 0 radical (unpaired) electrons. The van der Waals surface area contributed by atoms with E-state index in [0.29, 0.717) is 12.8 Å². The van der Waals surface area contributed by atoms with Crippen LogP contribution in [0.4, 0.5) is 18.9 Å². The molecule has 0 saturated heterocycles. The highest BCUT2D eigenvalue weighted by Gasteiger charge is 2.33. The summed E-state index contributed by atoms with van der Waals surface area (Å²) in [6.45, 7) is 1.63. The normalized spacial score (nSPS) is 11.1. The van der Waals surface area contributed by atoms with Crippen LogP contribution in [-0.2, 0) is 15.8 Å². The van der Waals surface area contributed by atoms with Crippen molar-refractivity contribution in [3.63, 3.8) is 0 Å². The van der Waals surface area contributed by atoms with Crippen molar-refractivity contribution in [2.45, 2.75) is 32.4 Å². The molecule has 0 heterocycles. The van der Waals surface area contributed by atoms with Crippen LogP contribution in [0.25, 0.3) is 0 Å². The van der Waals surface area contributed by atoms with Gasteiger partial charge < -0.3 is 10.6 Å². The molecule has 122 valence electrons. The third-order valence-corrected chi connectivity index (χ3v) is 3.09. The molecule has 1 aromatic rings. The van der Waals surface area contributed by atoms with E-state index in [1.54, 1.807) is 0 Å². The summed E-state index contributed by atoms with van der Waals surface area (Å²) in [7, 11) is 0. The summed E-state index contributed by atoms with van der Waals surface area (Å²) in [4.78, 5) is 22.9. The molecule has 2 N–H and O–H groups in total. The van der Waals surface area contributed by atoms with Crippen molar-refractivity contribution >= 4 is 29.1 Å². The van der Waals surface area contributed by atoms with Crippen molar-refractivity contribution < 1.29 is 22.8 Å². The molecule has 4 nitrogen and oxygen atoms in total. The second kappa shape index (κ2) is 8.03. The number of rotatable bonds is 6. The first-order valence-electron chi connectivity index (χ1n) is 6.67. The predicted octanol–water partition coefficient (Wildman–Crippen LogP) is 3.60. The van der Waals surface area contributed by atoms with Gasteiger partial charge in [0.25, 0.3) is 0 Å². The van der Waals surface area contributed by atoms with Crippen molar-refractivity contribution in [2.24, 2.45) is 0 Å². The zero-order valence-electron chi connectivity index (χ0n) is 11.9. The Hall–Kier alpha value is -1.76. The third-order valence-electron chi connectivity index (χ3n) is 2.76. The molecule has 0 aliphatic carbocycles. The van der Waals surface area contributed by atoms with Crippen molar-refractivity contribution in [3.05, 3.63) is 28.8 Å². The lowest BCUT2D eigenvalue weighted by atomic mass is 10.2. The highest BCUT2D eigenvalue weighted by molar-refractivity contribution is 6.31. The summed E-state index contributed by atoms with van der Waals surface area (Å²) >= 11 is 5.48. The molecule has 0 bridgehead atoms. The van der Waals surface area contributed by atoms with Crippen molar-refractivity contribution in [2.75, 3.05) is 11.9 Å². The zero-order valence-corrected chi connectivity index (χ0v) is 12.6. The Morgan fingerprint density at radius 3 is 2.50 bits per heavy atom. The van der Waals surface area contributed by atoms with E-state index < -0.39 is 22.7 Å². The third kappa shape index (κ3) is 5.93. The number of halogens is 4. The van der Waals surface area contributed by atoms with E-state index in [1.807, 2.05) is 6.92 Å². The number of hydrogen-bond donors (Lipinski definition) is 2. The molecule has 8 heteroatoms. The van der Waals surface area contributed by atoms with E-state index in [-0.39, 0.29) is 18.1 Å². The highest BCUT2D eigenvalue weighted by atomic mass is 35.5. The van der Waals surface area contributed by atoms with Gasteiger partial charge >= 0.3 is 6.18 Å². The van der Waals surface area contributed by atoms with Gasteiger partial charge in [-0.1, -0.05) is 24.9 Å². The lowest BCUT2D eigenvalue weighted by Crippen LogP contribution is -2.32. The van der Waals surface area contributed by atoms with Crippen LogP contribution in [0.3, 0.4) is 0 Å². The first-order chi connectivity index (χ1) is 10.2. The van der Waals surface area contributed by atoms with E-state index in [1.165, 1.54) is 6.07 Å². The molecular formula is C14H16ClF3N2O2. The monoisotopic (exact) mass is 336 g/mol. The molecular weight excluding hydrogens is 321 g/mol. The fourth-order valence-corrected chi connectivity index (χ4v) is 1.85. The van der Waals surface area contributed by atoms with Crippen LogP contribution >= 0.6 is 11.6 Å².